The molecule has 33 heavy (non-hydrogen) atoms. The van der Waals surface area contributed by atoms with Gasteiger partial charge in [0, 0.05) is 28.9 Å². The van der Waals surface area contributed by atoms with E-state index in [1.807, 2.05) is 73.7 Å². The van der Waals surface area contributed by atoms with E-state index >= 15 is 0 Å². The van der Waals surface area contributed by atoms with Gasteiger partial charge in [0.2, 0.25) is 11.7 Å². The van der Waals surface area contributed by atoms with Crippen LogP contribution in [0.1, 0.15) is 28.8 Å². The number of amides is 2. The topological polar surface area (TPSA) is 102 Å². The Morgan fingerprint density at radius 1 is 0.909 bits per heavy atom. The third kappa shape index (κ3) is 5.88. The molecule has 4 rings (SSSR count). The van der Waals surface area contributed by atoms with E-state index in [0.29, 0.717) is 42.1 Å². The maximum absolute atomic E-state index is 12.6. The van der Waals surface area contributed by atoms with Gasteiger partial charge < -0.3 is 10.6 Å². The maximum Gasteiger partial charge on any atom is 0.255 e. The van der Waals surface area contributed by atoms with Gasteiger partial charge in [-0.3, -0.25) is 9.59 Å². The van der Waals surface area contributed by atoms with Crippen LogP contribution in [-0.2, 0) is 11.3 Å². The van der Waals surface area contributed by atoms with Gasteiger partial charge in [0.1, 0.15) is 0 Å². The summed E-state index contributed by atoms with van der Waals surface area (Å²) in [5.41, 5.74) is 3.58. The molecule has 2 amide bonds. The molecule has 166 valence electrons. The summed E-state index contributed by atoms with van der Waals surface area (Å²) in [6.07, 6.45) is 0.853. The molecule has 0 aliphatic carbocycles. The normalized spacial score (nSPS) is 10.6. The number of aromatic nitrogens is 4. The number of carbonyl (C=O) groups excluding carboxylic acids is 2. The molecule has 3 aromatic carbocycles. The number of rotatable bonds is 8. The molecule has 1 heterocycles. The van der Waals surface area contributed by atoms with Crippen molar-refractivity contribution in [3.05, 3.63) is 90.0 Å². The number of hydrogen-bond donors (Lipinski definition) is 2. The highest BCUT2D eigenvalue weighted by Crippen LogP contribution is 2.19. The zero-order valence-corrected chi connectivity index (χ0v) is 18.2. The van der Waals surface area contributed by atoms with E-state index in [1.165, 1.54) is 4.80 Å². The van der Waals surface area contributed by atoms with Gasteiger partial charge in [0.25, 0.3) is 5.91 Å². The summed E-state index contributed by atoms with van der Waals surface area (Å²) in [5, 5.41) is 18.2. The molecule has 0 spiro atoms. The van der Waals surface area contributed by atoms with E-state index < -0.39 is 0 Å². The molecule has 0 aliphatic heterocycles. The Bertz CT molecular complexity index is 1240. The summed E-state index contributed by atoms with van der Waals surface area (Å²) in [6, 6.07) is 24.1. The second kappa shape index (κ2) is 10.3. The smallest absolute Gasteiger partial charge is 0.255 e. The number of carbonyl (C=O) groups is 2. The number of nitrogens with one attached hydrogen (secondary N) is 2. The highest BCUT2D eigenvalue weighted by Gasteiger charge is 2.11. The molecule has 0 radical (unpaired) electrons. The summed E-state index contributed by atoms with van der Waals surface area (Å²) in [5.74, 6) is 0.187. The standard InChI is InChI=1S/C25H24N6O2/c1-18-14-15-20(25(33)26-21-11-6-3-7-12-21)17-22(18)27-23(32)13-8-16-31-29-24(28-30-31)19-9-4-2-5-10-19/h2-7,9-12,14-15,17H,8,13,16H2,1H3,(H,26,33)(H,27,32). The Balaban J connectivity index is 1.31. The Hall–Kier alpha value is -4.33. The number of anilines is 2. The molecule has 0 saturated heterocycles. The van der Waals surface area contributed by atoms with Crippen LogP contribution in [-0.4, -0.2) is 32.0 Å². The average Bonchev–Trinajstić information content (AvgIpc) is 3.31. The molecule has 1 aromatic heterocycles. The summed E-state index contributed by atoms with van der Waals surface area (Å²) in [4.78, 5) is 26.5. The first-order valence-electron chi connectivity index (χ1n) is 10.7. The molecule has 0 aliphatic rings. The van der Waals surface area contributed by atoms with E-state index in [1.54, 1.807) is 12.1 Å². The zero-order valence-electron chi connectivity index (χ0n) is 18.2. The van der Waals surface area contributed by atoms with Crippen LogP contribution in [0.5, 0.6) is 0 Å². The van der Waals surface area contributed by atoms with Crippen LogP contribution >= 0.6 is 0 Å². The third-order valence-electron chi connectivity index (χ3n) is 5.05. The zero-order chi connectivity index (χ0) is 23.0. The number of aryl methyl sites for hydroxylation is 2. The molecule has 2 N–H and O–H groups in total. The van der Waals surface area contributed by atoms with Crippen molar-refractivity contribution < 1.29 is 9.59 Å². The van der Waals surface area contributed by atoms with Gasteiger partial charge in [0.15, 0.2) is 0 Å². The third-order valence-corrected chi connectivity index (χ3v) is 5.05. The van der Waals surface area contributed by atoms with Gasteiger partial charge in [-0.15, -0.1) is 10.2 Å². The lowest BCUT2D eigenvalue weighted by Gasteiger charge is -2.11. The number of para-hydroxylation sites is 1. The molecule has 0 saturated carbocycles. The quantitative estimate of drug-likeness (QED) is 0.425. The largest absolute Gasteiger partial charge is 0.326 e. The second-order valence-corrected chi connectivity index (χ2v) is 7.58. The number of hydrogen-bond acceptors (Lipinski definition) is 5. The van der Waals surface area contributed by atoms with Crippen LogP contribution < -0.4 is 10.6 Å². The first kappa shape index (κ1) is 21.9. The van der Waals surface area contributed by atoms with Crippen LogP contribution in [0, 0.1) is 6.92 Å². The van der Waals surface area contributed by atoms with Crippen LogP contribution in [0.4, 0.5) is 11.4 Å². The monoisotopic (exact) mass is 440 g/mol. The van der Waals surface area contributed by atoms with Crippen molar-refractivity contribution in [1.82, 2.24) is 20.2 Å². The van der Waals surface area contributed by atoms with E-state index in [0.717, 1.165) is 11.1 Å². The Labute approximate surface area is 191 Å². The van der Waals surface area contributed by atoms with Crippen LogP contribution in [0.25, 0.3) is 11.4 Å². The highest BCUT2D eigenvalue weighted by atomic mass is 16.2. The molecule has 0 unspecified atom stereocenters. The average molecular weight is 441 g/mol. The van der Waals surface area contributed by atoms with E-state index in [2.05, 4.69) is 26.0 Å². The van der Waals surface area contributed by atoms with Gasteiger partial charge in [-0.25, -0.2) is 0 Å². The van der Waals surface area contributed by atoms with Crippen molar-refractivity contribution >= 4 is 23.2 Å². The molecule has 8 heteroatoms. The van der Waals surface area contributed by atoms with Crippen molar-refractivity contribution in [3.63, 3.8) is 0 Å². The molecule has 0 atom stereocenters. The van der Waals surface area contributed by atoms with Gasteiger partial charge in [-0.05, 0) is 48.4 Å². The lowest BCUT2D eigenvalue weighted by molar-refractivity contribution is -0.116. The lowest BCUT2D eigenvalue weighted by atomic mass is 10.1. The van der Waals surface area contributed by atoms with Crippen molar-refractivity contribution in [3.8, 4) is 11.4 Å². The van der Waals surface area contributed by atoms with Gasteiger partial charge in [-0.2, -0.15) is 4.80 Å². The molecular formula is C25H24N6O2. The predicted molar refractivity (Wildman–Crippen MR) is 127 cm³/mol. The molecule has 4 aromatic rings. The van der Waals surface area contributed by atoms with Gasteiger partial charge >= 0.3 is 0 Å². The lowest BCUT2D eigenvalue weighted by Crippen LogP contribution is -2.16. The molecule has 8 nitrogen and oxygen atoms in total. The van der Waals surface area contributed by atoms with Crippen LogP contribution in [0.2, 0.25) is 0 Å². The fourth-order valence-electron chi connectivity index (χ4n) is 3.26. The highest BCUT2D eigenvalue weighted by molar-refractivity contribution is 6.05. The van der Waals surface area contributed by atoms with Crippen molar-refractivity contribution in [2.75, 3.05) is 10.6 Å². The minimum Gasteiger partial charge on any atom is -0.326 e. The fraction of sp³-hybridized carbons (Fsp3) is 0.160. The van der Waals surface area contributed by atoms with Crippen molar-refractivity contribution in [2.24, 2.45) is 0 Å². The minimum absolute atomic E-state index is 0.137. The molecule has 0 bridgehead atoms. The Morgan fingerprint density at radius 3 is 2.39 bits per heavy atom. The first-order valence-corrected chi connectivity index (χ1v) is 10.7. The van der Waals surface area contributed by atoms with E-state index in [4.69, 9.17) is 0 Å². The fourth-order valence-corrected chi connectivity index (χ4v) is 3.26. The van der Waals surface area contributed by atoms with Gasteiger partial charge in [0.05, 0.1) is 6.54 Å². The number of tetrazole rings is 1. The van der Waals surface area contributed by atoms with E-state index in [9.17, 15) is 9.59 Å². The second-order valence-electron chi connectivity index (χ2n) is 7.58. The van der Waals surface area contributed by atoms with Crippen molar-refractivity contribution in [1.29, 1.82) is 0 Å². The number of benzene rings is 3. The summed E-state index contributed by atoms with van der Waals surface area (Å²) in [6.45, 7) is 2.37. The summed E-state index contributed by atoms with van der Waals surface area (Å²) >= 11 is 0. The Morgan fingerprint density at radius 2 is 1.64 bits per heavy atom. The molecular weight excluding hydrogens is 416 g/mol. The SMILES string of the molecule is Cc1ccc(C(=O)Nc2ccccc2)cc1NC(=O)CCCn1nnc(-c2ccccc2)n1. The van der Waals surface area contributed by atoms with Crippen LogP contribution in [0.15, 0.2) is 78.9 Å². The van der Waals surface area contributed by atoms with Crippen molar-refractivity contribution in [2.45, 2.75) is 26.3 Å². The number of nitrogens with zero attached hydrogens (tertiary/aromatic N) is 4. The van der Waals surface area contributed by atoms with Crippen LogP contribution in [0.3, 0.4) is 0 Å². The maximum atomic E-state index is 12.6. The van der Waals surface area contributed by atoms with E-state index in [-0.39, 0.29) is 11.8 Å². The van der Waals surface area contributed by atoms with Gasteiger partial charge in [-0.1, -0.05) is 54.6 Å². The Kier molecular flexibility index (Phi) is 6.84. The molecule has 0 fully saturated rings. The summed E-state index contributed by atoms with van der Waals surface area (Å²) < 4.78 is 0. The first-order chi connectivity index (χ1) is 16.1. The minimum atomic E-state index is -0.233. The predicted octanol–water partition coefficient (Wildman–Crippen LogP) is 4.32. The summed E-state index contributed by atoms with van der Waals surface area (Å²) in [7, 11) is 0.